The SMILES string of the molecule is CCCC(C)NC(=O)C(C)NC(C)CCC. The van der Waals surface area contributed by atoms with Gasteiger partial charge in [0.2, 0.25) is 5.91 Å². The molecule has 3 heteroatoms. The summed E-state index contributed by atoms with van der Waals surface area (Å²) in [6.45, 7) is 10.4. The highest BCUT2D eigenvalue weighted by Gasteiger charge is 2.16. The van der Waals surface area contributed by atoms with Crippen molar-refractivity contribution in [3.05, 3.63) is 0 Å². The largest absolute Gasteiger partial charge is 0.352 e. The predicted molar refractivity (Wildman–Crippen MR) is 69.5 cm³/mol. The van der Waals surface area contributed by atoms with E-state index in [1.807, 2.05) is 6.92 Å². The molecule has 0 radical (unpaired) electrons. The molecule has 0 aromatic heterocycles. The van der Waals surface area contributed by atoms with Crippen LogP contribution in [0.25, 0.3) is 0 Å². The maximum atomic E-state index is 11.8. The van der Waals surface area contributed by atoms with Gasteiger partial charge < -0.3 is 10.6 Å². The summed E-state index contributed by atoms with van der Waals surface area (Å²) in [5.41, 5.74) is 0. The third kappa shape index (κ3) is 6.83. The Bertz CT molecular complexity index is 194. The summed E-state index contributed by atoms with van der Waals surface area (Å²) in [4.78, 5) is 11.8. The number of rotatable bonds is 8. The fourth-order valence-corrected chi connectivity index (χ4v) is 1.89. The van der Waals surface area contributed by atoms with Gasteiger partial charge in [-0.1, -0.05) is 26.7 Å². The Morgan fingerprint density at radius 3 is 2.00 bits per heavy atom. The summed E-state index contributed by atoms with van der Waals surface area (Å²) in [6.07, 6.45) is 4.41. The zero-order chi connectivity index (χ0) is 12.6. The first-order valence-corrected chi connectivity index (χ1v) is 6.57. The van der Waals surface area contributed by atoms with E-state index >= 15 is 0 Å². The number of nitrogens with one attached hydrogen (secondary N) is 2. The van der Waals surface area contributed by atoms with Gasteiger partial charge in [-0.25, -0.2) is 0 Å². The molecule has 0 spiro atoms. The molecule has 0 saturated heterocycles. The average Bonchev–Trinajstić information content (AvgIpc) is 2.17. The van der Waals surface area contributed by atoms with E-state index in [0.29, 0.717) is 6.04 Å². The van der Waals surface area contributed by atoms with Crippen molar-refractivity contribution in [3.63, 3.8) is 0 Å². The van der Waals surface area contributed by atoms with Gasteiger partial charge in [-0.05, 0) is 33.6 Å². The van der Waals surface area contributed by atoms with Gasteiger partial charge in [-0.2, -0.15) is 0 Å². The minimum Gasteiger partial charge on any atom is -0.352 e. The molecular formula is C13H28N2O. The first-order valence-electron chi connectivity index (χ1n) is 6.57. The highest BCUT2D eigenvalue weighted by atomic mass is 16.2. The number of carbonyl (C=O) groups excluding carboxylic acids is 1. The van der Waals surface area contributed by atoms with E-state index < -0.39 is 0 Å². The zero-order valence-electron chi connectivity index (χ0n) is 11.5. The molecule has 0 fully saturated rings. The van der Waals surface area contributed by atoms with Crippen LogP contribution in [0.1, 0.15) is 60.3 Å². The molecule has 0 saturated carbocycles. The maximum absolute atomic E-state index is 11.8. The molecule has 3 unspecified atom stereocenters. The first-order chi connectivity index (χ1) is 7.51. The van der Waals surface area contributed by atoms with E-state index in [1.165, 1.54) is 0 Å². The second kappa shape index (κ2) is 8.57. The van der Waals surface area contributed by atoms with Gasteiger partial charge >= 0.3 is 0 Å². The van der Waals surface area contributed by atoms with Crippen LogP contribution in [0.3, 0.4) is 0 Å². The Hall–Kier alpha value is -0.570. The van der Waals surface area contributed by atoms with Gasteiger partial charge in [0, 0.05) is 12.1 Å². The number of carbonyl (C=O) groups is 1. The zero-order valence-corrected chi connectivity index (χ0v) is 11.5. The summed E-state index contributed by atoms with van der Waals surface area (Å²) in [5, 5.41) is 6.34. The smallest absolute Gasteiger partial charge is 0.237 e. The van der Waals surface area contributed by atoms with Crippen LogP contribution in [-0.4, -0.2) is 24.0 Å². The first kappa shape index (κ1) is 15.4. The molecule has 0 bridgehead atoms. The minimum atomic E-state index is -0.0964. The Labute approximate surface area is 100 Å². The van der Waals surface area contributed by atoms with E-state index in [9.17, 15) is 4.79 Å². The second-order valence-electron chi connectivity index (χ2n) is 4.78. The molecule has 3 atom stereocenters. The van der Waals surface area contributed by atoms with E-state index in [2.05, 4.69) is 38.3 Å². The third-order valence-electron chi connectivity index (χ3n) is 2.76. The van der Waals surface area contributed by atoms with Crippen molar-refractivity contribution >= 4 is 5.91 Å². The predicted octanol–water partition coefficient (Wildman–Crippen LogP) is 2.46. The topological polar surface area (TPSA) is 41.1 Å². The summed E-state index contributed by atoms with van der Waals surface area (Å²) >= 11 is 0. The lowest BCUT2D eigenvalue weighted by atomic mass is 10.1. The van der Waals surface area contributed by atoms with Crippen molar-refractivity contribution in [1.29, 1.82) is 0 Å². The van der Waals surface area contributed by atoms with Crippen LogP contribution in [0.4, 0.5) is 0 Å². The Kier molecular flexibility index (Phi) is 8.26. The normalized spacial score (nSPS) is 16.6. The molecule has 3 nitrogen and oxygen atoms in total. The van der Waals surface area contributed by atoms with Crippen molar-refractivity contribution in [1.82, 2.24) is 10.6 Å². The number of hydrogen-bond acceptors (Lipinski definition) is 2. The van der Waals surface area contributed by atoms with Gasteiger partial charge in [-0.15, -0.1) is 0 Å². The molecule has 0 aromatic rings. The molecule has 0 aliphatic carbocycles. The fraction of sp³-hybridized carbons (Fsp3) is 0.923. The number of amides is 1. The van der Waals surface area contributed by atoms with Crippen LogP contribution in [0.2, 0.25) is 0 Å². The number of hydrogen-bond donors (Lipinski definition) is 2. The van der Waals surface area contributed by atoms with E-state index in [0.717, 1.165) is 25.7 Å². The molecule has 0 aromatic carbocycles. The average molecular weight is 228 g/mol. The van der Waals surface area contributed by atoms with Gasteiger partial charge in [0.05, 0.1) is 6.04 Å². The van der Waals surface area contributed by atoms with Crippen LogP contribution in [-0.2, 0) is 4.79 Å². The molecule has 2 N–H and O–H groups in total. The second-order valence-corrected chi connectivity index (χ2v) is 4.78. The lowest BCUT2D eigenvalue weighted by Gasteiger charge is -2.21. The van der Waals surface area contributed by atoms with E-state index in [4.69, 9.17) is 0 Å². The Morgan fingerprint density at radius 2 is 1.50 bits per heavy atom. The van der Waals surface area contributed by atoms with Gasteiger partial charge in [0.25, 0.3) is 0 Å². The van der Waals surface area contributed by atoms with Crippen LogP contribution in [0.5, 0.6) is 0 Å². The van der Waals surface area contributed by atoms with Crippen molar-refractivity contribution in [3.8, 4) is 0 Å². The standard InChI is InChI=1S/C13H28N2O/c1-6-8-10(3)14-12(5)13(16)15-11(4)9-7-2/h10-12,14H,6-9H2,1-5H3,(H,15,16). The maximum Gasteiger partial charge on any atom is 0.237 e. The molecule has 0 aliphatic rings. The molecular weight excluding hydrogens is 200 g/mol. The van der Waals surface area contributed by atoms with Crippen molar-refractivity contribution in [2.75, 3.05) is 0 Å². The van der Waals surface area contributed by atoms with Crippen molar-refractivity contribution in [2.24, 2.45) is 0 Å². The highest BCUT2D eigenvalue weighted by Crippen LogP contribution is 1.99. The molecule has 0 rings (SSSR count). The molecule has 0 heterocycles. The molecule has 1 amide bonds. The van der Waals surface area contributed by atoms with Crippen LogP contribution in [0, 0.1) is 0 Å². The van der Waals surface area contributed by atoms with Crippen LogP contribution >= 0.6 is 0 Å². The van der Waals surface area contributed by atoms with Gasteiger partial charge in [0.15, 0.2) is 0 Å². The van der Waals surface area contributed by atoms with Crippen LogP contribution < -0.4 is 10.6 Å². The minimum absolute atomic E-state index is 0.0964. The fourth-order valence-electron chi connectivity index (χ4n) is 1.89. The summed E-state index contributed by atoms with van der Waals surface area (Å²) in [6, 6.07) is 0.594. The third-order valence-corrected chi connectivity index (χ3v) is 2.76. The lowest BCUT2D eigenvalue weighted by Crippen LogP contribution is -2.48. The van der Waals surface area contributed by atoms with Crippen LogP contribution in [0.15, 0.2) is 0 Å². The molecule has 16 heavy (non-hydrogen) atoms. The Morgan fingerprint density at radius 1 is 1.00 bits per heavy atom. The van der Waals surface area contributed by atoms with Crippen molar-refractivity contribution < 1.29 is 4.79 Å². The Balaban J connectivity index is 3.89. The van der Waals surface area contributed by atoms with Gasteiger partial charge in [-0.3, -0.25) is 4.79 Å². The van der Waals surface area contributed by atoms with E-state index in [-0.39, 0.29) is 18.0 Å². The quantitative estimate of drug-likeness (QED) is 0.670. The van der Waals surface area contributed by atoms with Gasteiger partial charge in [0.1, 0.15) is 0 Å². The highest BCUT2D eigenvalue weighted by molar-refractivity contribution is 5.81. The summed E-state index contributed by atoms with van der Waals surface area (Å²) < 4.78 is 0. The van der Waals surface area contributed by atoms with Crippen molar-refractivity contribution in [2.45, 2.75) is 78.4 Å². The summed E-state index contributed by atoms with van der Waals surface area (Å²) in [5.74, 6) is 0.115. The molecule has 0 aliphatic heterocycles. The monoisotopic (exact) mass is 228 g/mol. The summed E-state index contributed by atoms with van der Waals surface area (Å²) in [7, 11) is 0. The molecule has 96 valence electrons. The van der Waals surface area contributed by atoms with E-state index in [1.54, 1.807) is 0 Å². The lowest BCUT2D eigenvalue weighted by molar-refractivity contribution is -0.123.